The number of carboxylic acid groups (broad SMARTS) is 1. The molecule has 24 nitrogen and oxygen atoms in total. The van der Waals surface area contributed by atoms with Gasteiger partial charge in [0.25, 0.3) is 0 Å². The summed E-state index contributed by atoms with van der Waals surface area (Å²) >= 11 is 0. The van der Waals surface area contributed by atoms with Crippen LogP contribution in [0.5, 0.6) is 0 Å². The van der Waals surface area contributed by atoms with Crippen molar-refractivity contribution in [1.82, 2.24) is 42.2 Å². The van der Waals surface area contributed by atoms with Crippen LogP contribution in [-0.4, -0.2) is 136 Å². The average Bonchev–Trinajstić information content (AvgIpc) is 3.71. The Morgan fingerprint density at radius 1 is 0.667 bits per heavy atom. The van der Waals surface area contributed by atoms with Crippen LogP contribution in [0.25, 0.3) is 10.9 Å². The van der Waals surface area contributed by atoms with Gasteiger partial charge in [0.05, 0.1) is 13.2 Å². The molecule has 0 fully saturated rings. The van der Waals surface area contributed by atoms with Crippen LogP contribution < -0.4 is 60.2 Å². The number of hydrogen-bond donors (Lipinski definition) is 14. The van der Waals surface area contributed by atoms with E-state index >= 15 is 0 Å². The van der Waals surface area contributed by atoms with Crippen LogP contribution >= 0.6 is 0 Å². The maximum atomic E-state index is 14.0. The molecule has 1 heterocycles. The third-order valence-corrected chi connectivity index (χ3v) is 11.6. The van der Waals surface area contributed by atoms with Gasteiger partial charge in [-0.3, -0.25) is 43.3 Å². The smallest absolute Gasteiger partial charge is 0.326 e. The molecule has 2 rings (SSSR count). The Bertz CT molecular complexity index is 2110. The number of fused-ring (bicyclic) bond motifs is 1. The van der Waals surface area contributed by atoms with Gasteiger partial charge in [-0.05, 0) is 55.1 Å². The Hall–Kier alpha value is -6.82. The van der Waals surface area contributed by atoms with Crippen molar-refractivity contribution in [2.75, 3.05) is 19.7 Å². The molecule has 24 heteroatoms. The van der Waals surface area contributed by atoms with Gasteiger partial charge in [-0.25, -0.2) is 4.79 Å². The van der Waals surface area contributed by atoms with Crippen molar-refractivity contribution >= 4 is 70.1 Å². The van der Waals surface area contributed by atoms with Crippen molar-refractivity contribution in [3.8, 4) is 0 Å². The van der Waals surface area contributed by atoms with E-state index in [0.717, 1.165) is 10.9 Å². The number of aliphatic hydroxyl groups excluding tert-OH is 1. The van der Waals surface area contributed by atoms with Crippen LogP contribution in [0, 0.1) is 17.8 Å². The first kappa shape index (κ1) is 58.3. The number of benzene rings is 1. The monoisotopic (exact) mass is 972 g/mol. The van der Waals surface area contributed by atoms with E-state index in [2.05, 4.69) is 47.2 Å². The molecule has 0 bridgehead atoms. The van der Waals surface area contributed by atoms with Crippen molar-refractivity contribution in [3.05, 3.63) is 36.0 Å². The molecule has 0 saturated heterocycles. The lowest BCUT2D eigenvalue weighted by molar-refractivity contribution is -0.142. The normalized spacial score (nSPS) is 15.1. The Balaban J connectivity index is 2.35. The first-order chi connectivity index (χ1) is 32.6. The number of aliphatic hydroxyl groups is 1. The van der Waals surface area contributed by atoms with Crippen LogP contribution in [0.1, 0.15) is 92.1 Å². The molecule has 69 heavy (non-hydrogen) atoms. The number of carboxylic acids is 1. The third kappa shape index (κ3) is 19.4. The molecule has 18 N–H and O–H groups in total. The molecule has 0 aliphatic heterocycles. The molecule has 384 valence electrons. The molecular formula is C45H73N13O11. The number of H-pyrrole nitrogens is 1. The van der Waals surface area contributed by atoms with E-state index in [-0.39, 0.29) is 69.4 Å². The summed E-state index contributed by atoms with van der Waals surface area (Å²) in [6, 6.07) is -2.47. The highest BCUT2D eigenvalue weighted by atomic mass is 16.4. The predicted molar refractivity (Wildman–Crippen MR) is 256 cm³/mol. The van der Waals surface area contributed by atoms with Gasteiger partial charge in [-0.1, -0.05) is 72.6 Å². The number of aromatic amines is 1. The van der Waals surface area contributed by atoms with Gasteiger partial charge in [-0.2, -0.15) is 0 Å². The van der Waals surface area contributed by atoms with Gasteiger partial charge in [0.1, 0.15) is 42.3 Å². The minimum Gasteiger partial charge on any atom is -0.480 e. The number of nitrogens with zero attached hydrogens (tertiary/aromatic N) is 1. The minimum absolute atomic E-state index is 0.0393. The Labute approximate surface area is 401 Å². The van der Waals surface area contributed by atoms with Crippen molar-refractivity contribution in [3.63, 3.8) is 0 Å². The standard InChI is InChI=1S/C45H73N13O11/c1-7-24(5)36(57-35(61)20-46)42(66)54-31(18-23(3)4)40(64)53-30(15-16-34(47)60)39(63)58-37(25(6)8-2)43(67)56-33(22-59)41(65)52-29(14-11-17-50-45(48)49)38(62)55-32(44(68)69)19-26-21-51-28-13-10-9-12-27(26)28/h9-10,12-13,21,23-25,29-33,36-37,51,59H,7-8,11,14-20,22,46H2,1-6H3,(H2,47,60)(H,52,65)(H,53,64)(H,54,66)(H,55,62)(H,56,67)(H,57,61)(H,58,63)(H,68,69)(H4,48,49,50)/t24-,25-,29-,30-,31-,32-,33-,36-,37-/m0/s1. The number of nitrogens with one attached hydrogen (secondary N) is 8. The van der Waals surface area contributed by atoms with Crippen molar-refractivity contribution in [2.24, 2.45) is 45.7 Å². The number of carbonyl (C=O) groups excluding carboxylic acids is 8. The molecule has 8 amide bonds. The van der Waals surface area contributed by atoms with Gasteiger partial charge in [0.15, 0.2) is 5.96 Å². The zero-order valence-corrected chi connectivity index (χ0v) is 40.3. The zero-order valence-electron chi connectivity index (χ0n) is 40.3. The number of primary amides is 1. The SMILES string of the molecule is CC[C@H](C)[C@H](NC(=O)CN)C(=O)N[C@@H](CC(C)C)C(=O)N[C@@H](CCC(N)=O)C(=O)N[C@H](C(=O)N[C@@H](CO)C(=O)N[C@@H](CCCN=C(N)N)C(=O)N[C@@H](Cc1c[nH]c2ccccc12)C(=O)O)[C@@H](C)CC. The second-order valence-corrected chi connectivity index (χ2v) is 17.5. The zero-order chi connectivity index (χ0) is 52.0. The van der Waals surface area contributed by atoms with E-state index in [9.17, 15) is 53.4 Å². The number of amides is 8. The number of carbonyl (C=O) groups is 9. The fourth-order valence-electron chi connectivity index (χ4n) is 7.18. The number of guanidine groups is 1. The van der Waals surface area contributed by atoms with Crippen LogP contribution in [0.15, 0.2) is 35.5 Å². The van der Waals surface area contributed by atoms with Gasteiger partial charge >= 0.3 is 5.97 Å². The lowest BCUT2D eigenvalue weighted by Crippen LogP contribution is -2.61. The Kier molecular flexibility index (Phi) is 24.6. The number of aliphatic imine (C=N–C) groups is 1. The highest BCUT2D eigenvalue weighted by molar-refractivity contribution is 5.98. The van der Waals surface area contributed by atoms with E-state index in [1.165, 1.54) is 0 Å². The summed E-state index contributed by atoms with van der Waals surface area (Å²) in [5.41, 5.74) is 23.1. The number of hydrogen-bond acceptors (Lipinski definition) is 12. The summed E-state index contributed by atoms with van der Waals surface area (Å²) in [6.45, 7) is 9.18. The highest BCUT2D eigenvalue weighted by Gasteiger charge is 2.36. The summed E-state index contributed by atoms with van der Waals surface area (Å²) in [4.78, 5) is 126. The van der Waals surface area contributed by atoms with Crippen LogP contribution in [0.2, 0.25) is 0 Å². The Morgan fingerprint density at radius 2 is 1.17 bits per heavy atom. The number of rotatable bonds is 31. The van der Waals surface area contributed by atoms with E-state index < -0.39 is 108 Å². The fraction of sp³-hybridized carbons (Fsp3) is 0.600. The fourth-order valence-corrected chi connectivity index (χ4v) is 7.18. The van der Waals surface area contributed by atoms with E-state index in [4.69, 9.17) is 22.9 Å². The molecule has 2 aromatic rings. The highest BCUT2D eigenvalue weighted by Crippen LogP contribution is 2.20. The summed E-state index contributed by atoms with van der Waals surface area (Å²) in [6.07, 6.45) is 1.77. The van der Waals surface area contributed by atoms with Crippen LogP contribution in [-0.2, 0) is 49.6 Å². The molecule has 9 atom stereocenters. The number of aromatic nitrogens is 1. The molecule has 0 spiro atoms. The summed E-state index contributed by atoms with van der Waals surface area (Å²) in [5.74, 6) is -9.33. The maximum Gasteiger partial charge on any atom is 0.326 e. The largest absolute Gasteiger partial charge is 0.480 e. The molecule has 1 aromatic carbocycles. The molecule has 0 aliphatic rings. The van der Waals surface area contributed by atoms with Crippen molar-refractivity contribution in [1.29, 1.82) is 0 Å². The van der Waals surface area contributed by atoms with E-state index in [1.54, 1.807) is 59.0 Å². The van der Waals surface area contributed by atoms with E-state index in [1.807, 2.05) is 13.0 Å². The minimum atomic E-state index is -1.70. The first-order valence-corrected chi connectivity index (χ1v) is 23.1. The molecule has 0 unspecified atom stereocenters. The number of aliphatic carboxylic acids is 1. The van der Waals surface area contributed by atoms with Gasteiger partial charge < -0.3 is 75.3 Å². The van der Waals surface area contributed by atoms with Crippen LogP contribution in [0.3, 0.4) is 0 Å². The number of para-hydroxylation sites is 1. The van der Waals surface area contributed by atoms with Gasteiger partial charge in [0.2, 0.25) is 47.3 Å². The lowest BCUT2D eigenvalue weighted by Gasteiger charge is -2.30. The summed E-state index contributed by atoms with van der Waals surface area (Å²) in [5, 5.41) is 39.0. The molecule has 1 aromatic heterocycles. The van der Waals surface area contributed by atoms with Crippen molar-refractivity contribution in [2.45, 2.75) is 135 Å². The predicted octanol–water partition coefficient (Wildman–Crippen LogP) is -2.40. The first-order valence-electron chi connectivity index (χ1n) is 23.1. The topological polar surface area (TPSA) is 411 Å². The van der Waals surface area contributed by atoms with Gasteiger partial charge in [0, 0.05) is 36.5 Å². The molecule has 0 aliphatic carbocycles. The molecule has 0 radical (unpaired) electrons. The molecular weight excluding hydrogens is 899 g/mol. The summed E-state index contributed by atoms with van der Waals surface area (Å²) in [7, 11) is 0. The molecule has 0 saturated carbocycles. The Morgan fingerprint density at radius 3 is 1.71 bits per heavy atom. The van der Waals surface area contributed by atoms with E-state index in [0.29, 0.717) is 18.4 Å². The second kappa shape index (κ2) is 29.2. The maximum absolute atomic E-state index is 14.0. The van der Waals surface area contributed by atoms with Crippen LogP contribution in [0.4, 0.5) is 0 Å². The average molecular weight is 972 g/mol. The number of nitrogens with two attached hydrogens (primary N) is 4. The quantitative estimate of drug-likeness (QED) is 0.0213. The third-order valence-electron chi connectivity index (χ3n) is 11.6. The van der Waals surface area contributed by atoms with Crippen molar-refractivity contribution < 1.29 is 53.4 Å². The lowest BCUT2D eigenvalue weighted by atomic mass is 9.96. The second-order valence-electron chi connectivity index (χ2n) is 17.5. The van der Waals surface area contributed by atoms with Gasteiger partial charge in [-0.15, -0.1) is 0 Å². The summed E-state index contributed by atoms with van der Waals surface area (Å²) < 4.78 is 0.